The summed E-state index contributed by atoms with van der Waals surface area (Å²) >= 11 is 0. The highest BCUT2D eigenvalue weighted by atomic mass is 14.1. The second-order valence-electron chi connectivity index (χ2n) is 6.51. The van der Waals surface area contributed by atoms with E-state index in [4.69, 9.17) is 0 Å². The molecule has 0 aliphatic heterocycles. The third kappa shape index (κ3) is 5.07. The molecule has 2 rings (SSSR count). The smallest absolute Gasteiger partial charge is 0.0112 e. The maximum Gasteiger partial charge on any atom is -0.0112 e. The lowest BCUT2D eigenvalue weighted by Gasteiger charge is -2.14. The lowest BCUT2D eigenvalue weighted by atomic mass is 9.92. The first-order valence-corrected chi connectivity index (χ1v) is 7.54. The summed E-state index contributed by atoms with van der Waals surface area (Å²) in [6.45, 7) is 6.78. The van der Waals surface area contributed by atoms with Gasteiger partial charge in [-0.15, -0.1) is 0 Å². The van der Waals surface area contributed by atoms with E-state index in [-0.39, 0.29) is 0 Å². The molecule has 0 fully saturated rings. The molecule has 0 aliphatic rings. The molecule has 0 nitrogen and oxygen atoms in total. The van der Waals surface area contributed by atoms with Crippen LogP contribution < -0.4 is 0 Å². The minimum atomic E-state index is 0.337. The molecule has 2 aromatic carbocycles. The average molecular weight is 276 g/mol. The molecule has 0 unspecified atom stereocenters. The predicted octanol–water partition coefficient (Wildman–Crippen LogP) is 6.11. The van der Waals surface area contributed by atoms with Gasteiger partial charge in [-0.1, -0.05) is 99.7 Å². The van der Waals surface area contributed by atoms with Gasteiger partial charge in [0.25, 0.3) is 0 Å². The quantitative estimate of drug-likeness (QED) is 0.591. The lowest BCUT2D eigenvalue weighted by Crippen LogP contribution is -2.01. The Morgan fingerprint density at radius 3 is 1.71 bits per heavy atom. The zero-order valence-corrected chi connectivity index (χ0v) is 13.2. The minimum Gasteiger partial charge on any atom is -0.0840 e. The van der Waals surface area contributed by atoms with Crippen molar-refractivity contribution < 1.29 is 0 Å². The molecule has 0 amide bonds. The van der Waals surface area contributed by atoms with Gasteiger partial charge in [-0.25, -0.2) is 0 Å². The Balaban J connectivity index is 2.29. The van der Waals surface area contributed by atoms with E-state index in [2.05, 4.69) is 99.7 Å². The van der Waals surface area contributed by atoms with E-state index in [0.717, 1.165) is 6.42 Å². The van der Waals surface area contributed by atoms with Gasteiger partial charge in [0.1, 0.15) is 0 Å². The van der Waals surface area contributed by atoms with Gasteiger partial charge in [0.05, 0.1) is 0 Å². The summed E-state index contributed by atoms with van der Waals surface area (Å²) in [5.74, 6) is 0. The van der Waals surface area contributed by atoms with Crippen LogP contribution in [0.4, 0.5) is 0 Å². The monoisotopic (exact) mass is 276 g/mol. The first-order valence-electron chi connectivity index (χ1n) is 7.54. The fourth-order valence-corrected chi connectivity index (χ4v) is 2.18. The molecule has 21 heavy (non-hydrogen) atoms. The van der Waals surface area contributed by atoms with Crippen molar-refractivity contribution in [2.45, 2.75) is 27.2 Å². The number of hydrogen-bond donors (Lipinski definition) is 0. The first kappa shape index (κ1) is 15.3. The van der Waals surface area contributed by atoms with Gasteiger partial charge in [0.2, 0.25) is 0 Å². The van der Waals surface area contributed by atoms with Crippen molar-refractivity contribution in [3.63, 3.8) is 0 Å². The van der Waals surface area contributed by atoms with Gasteiger partial charge < -0.3 is 0 Å². The molecule has 0 N–H and O–H groups in total. The van der Waals surface area contributed by atoms with Crippen LogP contribution in [-0.2, 0) is 0 Å². The molecular formula is C21H24. The highest BCUT2D eigenvalue weighted by molar-refractivity contribution is 5.80. The molecule has 0 bridgehead atoms. The fraction of sp³-hybridized carbons (Fsp3) is 0.238. The Hall–Kier alpha value is -2.08. The number of benzene rings is 2. The molecule has 0 saturated heterocycles. The highest BCUT2D eigenvalue weighted by Crippen LogP contribution is 2.24. The Morgan fingerprint density at radius 2 is 1.29 bits per heavy atom. The molecule has 0 heterocycles. The van der Waals surface area contributed by atoms with Crippen LogP contribution in [0.25, 0.3) is 5.57 Å². The van der Waals surface area contributed by atoms with Crippen molar-refractivity contribution in [3.8, 4) is 0 Å². The molecule has 108 valence electrons. The third-order valence-electron chi connectivity index (χ3n) is 3.30. The van der Waals surface area contributed by atoms with Crippen molar-refractivity contribution in [2.24, 2.45) is 5.41 Å². The maximum atomic E-state index is 2.26. The SMILES string of the molecule is CC(C)(C)C/C=C/C=C(c1ccccc1)c1ccccc1. The van der Waals surface area contributed by atoms with Crippen molar-refractivity contribution in [2.75, 3.05) is 0 Å². The predicted molar refractivity (Wildman–Crippen MR) is 93.2 cm³/mol. The van der Waals surface area contributed by atoms with E-state index in [1.165, 1.54) is 16.7 Å². The van der Waals surface area contributed by atoms with Gasteiger partial charge in [0.15, 0.2) is 0 Å². The van der Waals surface area contributed by atoms with E-state index in [1.54, 1.807) is 0 Å². The minimum absolute atomic E-state index is 0.337. The molecule has 0 spiro atoms. The first-order chi connectivity index (χ1) is 10.1. The van der Waals surface area contributed by atoms with Crippen LogP contribution >= 0.6 is 0 Å². The van der Waals surface area contributed by atoms with Gasteiger partial charge in [-0.2, -0.15) is 0 Å². The van der Waals surface area contributed by atoms with Crippen LogP contribution in [0.2, 0.25) is 0 Å². The summed E-state index contributed by atoms with van der Waals surface area (Å²) in [6, 6.07) is 21.1. The topological polar surface area (TPSA) is 0 Å². The summed E-state index contributed by atoms with van der Waals surface area (Å²) < 4.78 is 0. The standard InChI is InChI=1S/C21H24/c1-21(2,3)17-11-10-16-20(18-12-6-4-7-13-18)19-14-8-5-9-15-19/h4-16H,17H2,1-3H3/b11-10+. The molecule has 0 atom stereocenters. The van der Waals surface area contributed by atoms with Crippen LogP contribution in [0.5, 0.6) is 0 Å². The summed E-state index contributed by atoms with van der Waals surface area (Å²) in [6.07, 6.45) is 7.74. The Bertz CT molecular complexity index is 554. The van der Waals surface area contributed by atoms with Crippen LogP contribution in [0.3, 0.4) is 0 Å². The van der Waals surface area contributed by atoms with E-state index in [9.17, 15) is 0 Å². The summed E-state index contributed by atoms with van der Waals surface area (Å²) in [5, 5.41) is 0. The normalized spacial score (nSPS) is 11.6. The molecule has 2 aromatic rings. The van der Waals surface area contributed by atoms with Gasteiger partial charge in [-0.3, -0.25) is 0 Å². The molecule has 0 saturated carbocycles. The summed E-state index contributed by atoms with van der Waals surface area (Å²) in [5.41, 5.74) is 4.11. The number of rotatable bonds is 4. The van der Waals surface area contributed by atoms with Crippen molar-refractivity contribution in [1.29, 1.82) is 0 Å². The Morgan fingerprint density at radius 1 is 0.810 bits per heavy atom. The lowest BCUT2D eigenvalue weighted by molar-refractivity contribution is 0.420. The van der Waals surface area contributed by atoms with Gasteiger partial charge in [0, 0.05) is 0 Å². The van der Waals surface area contributed by atoms with E-state index in [1.807, 2.05) is 0 Å². The Labute approximate surface area is 128 Å². The van der Waals surface area contributed by atoms with Crippen LogP contribution in [-0.4, -0.2) is 0 Å². The second-order valence-corrected chi connectivity index (χ2v) is 6.51. The van der Waals surface area contributed by atoms with E-state index >= 15 is 0 Å². The fourth-order valence-electron chi connectivity index (χ4n) is 2.18. The summed E-state index contributed by atoms with van der Waals surface area (Å²) in [7, 11) is 0. The zero-order valence-electron chi connectivity index (χ0n) is 13.2. The number of allylic oxidation sites excluding steroid dienone is 3. The van der Waals surface area contributed by atoms with E-state index in [0.29, 0.717) is 5.41 Å². The molecule has 0 aromatic heterocycles. The molecular weight excluding hydrogens is 252 g/mol. The highest BCUT2D eigenvalue weighted by Gasteiger charge is 2.06. The van der Waals surface area contributed by atoms with Crippen molar-refractivity contribution in [1.82, 2.24) is 0 Å². The number of hydrogen-bond acceptors (Lipinski definition) is 0. The molecule has 0 heteroatoms. The van der Waals surface area contributed by atoms with Crippen LogP contribution in [0.15, 0.2) is 78.9 Å². The third-order valence-corrected chi connectivity index (χ3v) is 3.30. The van der Waals surface area contributed by atoms with E-state index < -0.39 is 0 Å². The molecule has 0 aliphatic carbocycles. The zero-order chi connectivity index (χ0) is 15.1. The second kappa shape index (κ2) is 7.08. The van der Waals surface area contributed by atoms with Crippen LogP contribution in [0, 0.1) is 5.41 Å². The van der Waals surface area contributed by atoms with Crippen LogP contribution in [0.1, 0.15) is 38.3 Å². The molecule has 0 radical (unpaired) electrons. The van der Waals surface area contributed by atoms with Gasteiger partial charge >= 0.3 is 0 Å². The van der Waals surface area contributed by atoms with Crippen molar-refractivity contribution in [3.05, 3.63) is 90.0 Å². The van der Waals surface area contributed by atoms with Gasteiger partial charge in [-0.05, 0) is 28.5 Å². The Kier molecular flexibility index (Phi) is 5.16. The average Bonchev–Trinajstić information content (AvgIpc) is 2.48. The summed E-state index contributed by atoms with van der Waals surface area (Å²) in [4.78, 5) is 0. The van der Waals surface area contributed by atoms with Crippen molar-refractivity contribution >= 4 is 5.57 Å². The largest absolute Gasteiger partial charge is 0.0840 e. The maximum absolute atomic E-state index is 2.26.